The molecule has 1 amide bonds. The Morgan fingerprint density at radius 2 is 2.04 bits per heavy atom. The Kier molecular flexibility index (Phi) is 5.23. The van der Waals surface area contributed by atoms with Crippen LogP contribution in [0.5, 0.6) is 5.75 Å². The summed E-state index contributed by atoms with van der Waals surface area (Å²) in [4.78, 5) is 28.5. The molecule has 26 heavy (non-hydrogen) atoms. The zero-order chi connectivity index (χ0) is 18.7. The molecule has 134 valence electrons. The fraction of sp³-hybridized carbons (Fsp3) is 0.211. The van der Waals surface area contributed by atoms with Crippen LogP contribution in [-0.2, 0) is 11.4 Å². The van der Waals surface area contributed by atoms with Crippen LogP contribution < -0.4 is 15.6 Å². The molecule has 0 aliphatic rings. The van der Waals surface area contributed by atoms with E-state index in [0.29, 0.717) is 27.8 Å². The molecule has 0 saturated heterocycles. The normalized spacial score (nSPS) is 10.9. The summed E-state index contributed by atoms with van der Waals surface area (Å²) in [6, 6.07) is 11.9. The maximum Gasteiger partial charge on any atom is 0.258 e. The first-order valence-electron chi connectivity index (χ1n) is 8.14. The third kappa shape index (κ3) is 4.03. The smallest absolute Gasteiger partial charge is 0.258 e. The molecule has 7 heteroatoms. The number of hydrogen-bond acceptors (Lipinski definition) is 4. The molecule has 0 saturated carbocycles. The topological polar surface area (TPSA) is 72.7 Å². The third-order valence-corrected chi connectivity index (χ3v) is 3.94. The minimum absolute atomic E-state index is 0.0972. The van der Waals surface area contributed by atoms with Crippen molar-refractivity contribution in [3.8, 4) is 5.75 Å². The van der Waals surface area contributed by atoms with Gasteiger partial charge in [0.1, 0.15) is 18.0 Å². The zero-order valence-corrected chi connectivity index (χ0v) is 15.2. The molecule has 3 rings (SSSR count). The maximum atomic E-state index is 12.2. The van der Waals surface area contributed by atoms with Crippen molar-refractivity contribution < 1.29 is 9.53 Å². The molecular weight excluding hydrogens is 354 g/mol. The van der Waals surface area contributed by atoms with Gasteiger partial charge in [0.2, 0.25) is 5.91 Å². The van der Waals surface area contributed by atoms with E-state index in [9.17, 15) is 9.59 Å². The molecule has 0 spiro atoms. The highest BCUT2D eigenvalue weighted by molar-refractivity contribution is 6.30. The Morgan fingerprint density at radius 3 is 2.81 bits per heavy atom. The lowest BCUT2D eigenvalue weighted by molar-refractivity contribution is -0.118. The summed E-state index contributed by atoms with van der Waals surface area (Å²) in [5.74, 6) is 0.275. The number of hydrogen-bond donors (Lipinski definition) is 1. The first-order chi connectivity index (χ1) is 12.4. The Hall–Kier alpha value is -2.86. The molecule has 0 fully saturated rings. The van der Waals surface area contributed by atoms with Crippen LogP contribution in [0.15, 0.2) is 53.5 Å². The number of para-hydroxylation sites is 2. The number of rotatable bonds is 5. The van der Waals surface area contributed by atoms with Crippen LogP contribution in [0.2, 0.25) is 5.02 Å². The molecule has 3 aromatic rings. The highest BCUT2D eigenvalue weighted by Crippen LogP contribution is 2.25. The average molecular weight is 372 g/mol. The van der Waals surface area contributed by atoms with Crippen molar-refractivity contribution in [2.45, 2.75) is 20.5 Å². The predicted molar refractivity (Wildman–Crippen MR) is 101 cm³/mol. The van der Waals surface area contributed by atoms with Crippen LogP contribution in [0, 0.1) is 5.92 Å². The number of amides is 1. The summed E-state index contributed by atoms with van der Waals surface area (Å²) < 4.78 is 7.16. The molecule has 1 N–H and O–H groups in total. The van der Waals surface area contributed by atoms with Gasteiger partial charge in [-0.3, -0.25) is 14.0 Å². The van der Waals surface area contributed by atoms with Gasteiger partial charge in [-0.1, -0.05) is 37.6 Å². The number of carbonyl (C=O) groups is 1. The third-order valence-electron chi connectivity index (χ3n) is 3.72. The Bertz CT molecular complexity index is 1010. The van der Waals surface area contributed by atoms with E-state index in [0.717, 1.165) is 0 Å². The molecule has 1 aromatic carbocycles. The molecule has 0 radical (unpaired) electrons. The fourth-order valence-electron chi connectivity index (χ4n) is 2.32. The Balaban J connectivity index is 1.81. The number of nitrogens with zero attached hydrogens (tertiary/aromatic N) is 2. The second kappa shape index (κ2) is 7.58. The van der Waals surface area contributed by atoms with E-state index >= 15 is 0 Å². The highest BCUT2D eigenvalue weighted by Gasteiger charge is 2.11. The van der Waals surface area contributed by atoms with Gasteiger partial charge in [0.05, 0.1) is 16.4 Å². The number of aromatic nitrogens is 2. The maximum absolute atomic E-state index is 12.2. The standard InChI is InChI=1S/C19H18ClN3O3/c1-12(2)19(25)22-15-5-3-4-6-16(15)26-11-14-9-18(24)23-10-13(20)7-8-17(23)21-14/h3-10,12H,11H2,1-2H3,(H,22,25). The number of fused-ring (bicyclic) bond motifs is 1. The fourth-order valence-corrected chi connectivity index (χ4v) is 2.49. The monoisotopic (exact) mass is 371 g/mol. The van der Waals surface area contributed by atoms with Crippen LogP contribution in [0.4, 0.5) is 5.69 Å². The molecule has 2 aromatic heterocycles. The lowest BCUT2D eigenvalue weighted by Gasteiger charge is -2.13. The lowest BCUT2D eigenvalue weighted by atomic mass is 10.2. The van der Waals surface area contributed by atoms with Gasteiger partial charge in [-0.2, -0.15) is 0 Å². The Morgan fingerprint density at radius 1 is 1.27 bits per heavy atom. The predicted octanol–water partition coefficient (Wildman–Crippen LogP) is 3.52. The quantitative estimate of drug-likeness (QED) is 0.744. The van der Waals surface area contributed by atoms with Crippen molar-refractivity contribution in [3.05, 3.63) is 69.7 Å². The van der Waals surface area contributed by atoms with Gasteiger partial charge in [-0.15, -0.1) is 0 Å². The first kappa shape index (κ1) is 17.9. The summed E-state index contributed by atoms with van der Waals surface area (Å²) >= 11 is 5.91. The second-order valence-electron chi connectivity index (χ2n) is 6.09. The molecule has 0 aliphatic heterocycles. The zero-order valence-electron chi connectivity index (χ0n) is 14.4. The van der Waals surface area contributed by atoms with Gasteiger partial charge in [-0.05, 0) is 24.3 Å². The van der Waals surface area contributed by atoms with Crippen LogP contribution in [0.3, 0.4) is 0 Å². The number of anilines is 1. The van der Waals surface area contributed by atoms with Gasteiger partial charge in [-0.25, -0.2) is 4.98 Å². The second-order valence-corrected chi connectivity index (χ2v) is 6.53. The summed E-state index contributed by atoms with van der Waals surface area (Å²) in [6.07, 6.45) is 1.52. The Labute approximate surface area is 155 Å². The summed E-state index contributed by atoms with van der Waals surface area (Å²) in [5.41, 5.74) is 1.32. The van der Waals surface area contributed by atoms with Crippen molar-refractivity contribution in [1.29, 1.82) is 0 Å². The average Bonchev–Trinajstić information content (AvgIpc) is 2.61. The number of benzene rings is 1. The largest absolute Gasteiger partial charge is 0.485 e. The van der Waals surface area contributed by atoms with Gasteiger partial charge >= 0.3 is 0 Å². The van der Waals surface area contributed by atoms with E-state index in [1.165, 1.54) is 16.7 Å². The van der Waals surface area contributed by atoms with Gasteiger partial charge in [0.15, 0.2) is 0 Å². The van der Waals surface area contributed by atoms with E-state index < -0.39 is 0 Å². The first-order valence-corrected chi connectivity index (χ1v) is 8.52. The summed E-state index contributed by atoms with van der Waals surface area (Å²) in [5, 5.41) is 3.29. The van der Waals surface area contributed by atoms with E-state index in [4.69, 9.17) is 16.3 Å². The van der Waals surface area contributed by atoms with Crippen molar-refractivity contribution in [2.75, 3.05) is 5.32 Å². The van der Waals surface area contributed by atoms with Gasteiger partial charge in [0, 0.05) is 18.2 Å². The van der Waals surface area contributed by atoms with Crippen molar-refractivity contribution in [1.82, 2.24) is 9.38 Å². The minimum Gasteiger partial charge on any atom is -0.485 e. The van der Waals surface area contributed by atoms with Crippen molar-refractivity contribution in [2.24, 2.45) is 5.92 Å². The number of nitrogens with one attached hydrogen (secondary N) is 1. The number of carbonyl (C=O) groups excluding carboxylic acids is 1. The molecule has 0 bridgehead atoms. The van der Waals surface area contributed by atoms with Crippen molar-refractivity contribution >= 4 is 28.8 Å². The highest BCUT2D eigenvalue weighted by atomic mass is 35.5. The number of halogens is 1. The molecule has 6 nitrogen and oxygen atoms in total. The van der Waals surface area contributed by atoms with Crippen LogP contribution in [0.1, 0.15) is 19.5 Å². The summed E-state index contributed by atoms with van der Waals surface area (Å²) in [6.45, 7) is 3.73. The van der Waals surface area contributed by atoms with E-state index in [1.54, 1.807) is 24.3 Å². The molecule has 0 atom stereocenters. The van der Waals surface area contributed by atoms with Gasteiger partial charge in [0.25, 0.3) is 5.56 Å². The van der Waals surface area contributed by atoms with E-state index in [1.807, 2.05) is 26.0 Å². The van der Waals surface area contributed by atoms with E-state index in [2.05, 4.69) is 10.3 Å². The van der Waals surface area contributed by atoms with Crippen LogP contribution in [-0.4, -0.2) is 15.3 Å². The lowest BCUT2D eigenvalue weighted by Crippen LogP contribution is -2.18. The van der Waals surface area contributed by atoms with Crippen LogP contribution >= 0.6 is 11.6 Å². The van der Waals surface area contributed by atoms with Crippen LogP contribution in [0.25, 0.3) is 5.65 Å². The van der Waals surface area contributed by atoms with Crippen molar-refractivity contribution in [3.63, 3.8) is 0 Å². The molecule has 2 heterocycles. The molecular formula is C19H18ClN3O3. The SMILES string of the molecule is CC(C)C(=O)Nc1ccccc1OCc1cc(=O)n2cc(Cl)ccc2n1. The number of ether oxygens (including phenoxy) is 1. The number of pyridine rings is 1. The molecule has 0 unspecified atom stereocenters. The van der Waals surface area contributed by atoms with E-state index in [-0.39, 0.29) is 24.0 Å². The molecule has 0 aliphatic carbocycles. The minimum atomic E-state index is -0.238. The summed E-state index contributed by atoms with van der Waals surface area (Å²) in [7, 11) is 0. The van der Waals surface area contributed by atoms with Gasteiger partial charge < -0.3 is 10.1 Å².